The quantitative estimate of drug-likeness (QED) is 0.856. The molecule has 2 aromatic rings. The van der Waals surface area contributed by atoms with Gasteiger partial charge in [0.05, 0.1) is 19.3 Å². The normalized spacial score (nSPS) is 12.2. The highest BCUT2D eigenvalue weighted by atomic mass is 19.1. The predicted molar refractivity (Wildman–Crippen MR) is 81.7 cm³/mol. The number of hydrogen-bond acceptors (Lipinski definition) is 3. The largest absolute Gasteiger partial charge is 0.394 e. The molecular weight excluding hydrogens is 269 g/mol. The van der Waals surface area contributed by atoms with E-state index in [-0.39, 0.29) is 18.5 Å². The molecule has 0 aromatic heterocycles. The summed E-state index contributed by atoms with van der Waals surface area (Å²) < 4.78 is 18.5. The minimum absolute atomic E-state index is 0.0774. The zero-order valence-electron chi connectivity index (χ0n) is 12.3. The van der Waals surface area contributed by atoms with Crippen LogP contribution in [0, 0.1) is 12.7 Å². The third-order valence-corrected chi connectivity index (χ3v) is 3.23. The molecule has 0 saturated heterocycles. The second-order valence-corrected chi connectivity index (χ2v) is 5.07. The van der Waals surface area contributed by atoms with Crippen LogP contribution < -0.4 is 5.32 Å². The first-order valence-electron chi connectivity index (χ1n) is 6.84. The summed E-state index contributed by atoms with van der Waals surface area (Å²) in [4.78, 5) is 0. The zero-order valence-corrected chi connectivity index (χ0v) is 12.3. The van der Waals surface area contributed by atoms with Gasteiger partial charge in [0.2, 0.25) is 0 Å². The van der Waals surface area contributed by atoms with Gasteiger partial charge in [0, 0.05) is 12.8 Å². The van der Waals surface area contributed by atoms with Crippen molar-refractivity contribution in [2.45, 2.75) is 19.6 Å². The van der Waals surface area contributed by atoms with E-state index in [1.165, 1.54) is 12.1 Å². The third-order valence-electron chi connectivity index (χ3n) is 3.23. The SMILES string of the molecule is COCc1cccc(C(CO)Nc2cc(C)cc(F)c2)c1. The van der Waals surface area contributed by atoms with Gasteiger partial charge in [-0.05, 0) is 41.8 Å². The van der Waals surface area contributed by atoms with E-state index in [2.05, 4.69) is 5.32 Å². The summed E-state index contributed by atoms with van der Waals surface area (Å²) >= 11 is 0. The van der Waals surface area contributed by atoms with E-state index in [1.54, 1.807) is 7.11 Å². The highest BCUT2D eigenvalue weighted by molar-refractivity contribution is 5.48. The monoisotopic (exact) mass is 289 g/mol. The highest BCUT2D eigenvalue weighted by Gasteiger charge is 2.11. The fourth-order valence-electron chi connectivity index (χ4n) is 2.32. The summed E-state index contributed by atoms with van der Waals surface area (Å²) in [6.07, 6.45) is 0. The van der Waals surface area contributed by atoms with Crippen molar-refractivity contribution in [2.24, 2.45) is 0 Å². The second-order valence-electron chi connectivity index (χ2n) is 5.07. The molecule has 0 aliphatic heterocycles. The minimum atomic E-state index is -0.290. The van der Waals surface area contributed by atoms with Crippen molar-refractivity contribution < 1.29 is 14.2 Å². The second kappa shape index (κ2) is 7.20. The van der Waals surface area contributed by atoms with Crippen LogP contribution in [-0.2, 0) is 11.3 Å². The summed E-state index contributed by atoms with van der Waals surface area (Å²) in [5, 5.41) is 12.8. The third kappa shape index (κ3) is 4.28. The average molecular weight is 289 g/mol. The summed E-state index contributed by atoms with van der Waals surface area (Å²) in [5.41, 5.74) is 3.46. The Kier molecular flexibility index (Phi) is 5.31. The van der Waals surface area contributed by atoms with Gasteiger partial charge < -0.3 is 15.2 Å². The Morgan fingerprint density at radius 1 is 1.24 bits per heavy atom. The molecule has 2 rings (SSSR count). The van der Waals surface area contributed by atoms with Crippen LogP contribution in [0.15, 0.2) is 42.5 Å². The van der Waals surface area contributed by atoms with Crippen LogP contribution in [-0.4, -0.2) is 18.8 Å². The fourth-order valence-corrected chi connectivity index (χ4v) is 2.32. The molecule has 4 heteroatoms. The van der Waals surface area contributed by atoms with E-state index >= 15 is 0 Å². The maximum absolute atomic E-state index is 13.4. The van der Waals surface area contributed by atoms with E-state index in [0.29, 0.717) is 12.3 Å². The van der Waals surface area contributed by atoms with Crippen LogP contribution in [0.3, 0.4) is 0 Å². The van der Waals surface area contributed by atoms with Gasteiger partial charge in [0.15, 0.2) is 0 Å². The Morgan fingerprint density at radius 3 is 2.71 bits per heavy atom. The van der Waals surface area contributed by atoms with Crippen LogP contribution >= 0.6 is 0 Å². The molecule has 0 spiro atoms. The number of benzene rings is 2. The summed E-state index contributed by atoms with van der Waals surface area (Å²) in [6, 6.07) is 12.3. The van der Waals surface area contributed by atoms with Crippen LogP contribution in [0.4, 0.5) is 10.1 Å². The molecule has 0 radical (unpaired) electrons. The van der Waals surface area contributed by atoms with Crippen molar-refractivity contribution in [3.05, 3.63) is 65.0 Å². The van der Waals surface area contributed by atoms with Gasteiger partial charge in [-0.15, -0.1) is 0 Å². The first kappa shape index (κ1) is 15.5. The number of aryl methyl sites for hydroxylation is 1. The summed E-state index contributed by atoms with van der Waals surface area (Å²) in [5.74, 6) is -0.290. The molecular formula is C17H20FNO2. The van der Waals surface area contributed by atoms with Crippen molar-refractivity contribution in [3.8, 4) is 0 Å². The van der Waals surface area contributed by atoms with Crippen LogP contribution in [0.2, 0.25) is 0 Å². The van der Waals surface area contributed by atoms with E-state index < -0.39 is 0 Å². The maximum Gasteiger partial charge on any atom is 0.125 e. The summed E-state index contributed by atoms with van der Waals surface area (Å²) in [6.45, 7) is 2.28. The molecule has 0 amide bonds. The van der Waals surface area contributed by atoms with Crippen LogP contribution in [0.25, 0.3) is 0 Å². The van der Waals surface area contributed by atoms with Crippen molar-refractivity contribution in [1.82, 2.24) is 0 Å². The number of methoxy groups -OCH3 is 1. The van der Waals surface area contributed by atoms with Gasteiger partial charge in [0.1, 0.15) is 5.82 Å². The Balaban J connectivity index is 2.21. The van der Waals surface area contributed by atoms with Gasteiger partial charge >= 0.3 is 0 Å². The smallest absolute Gasteiger partial charge is 0.125 e. The Bertz CT molecular complexity index is 581. The number of rotatable bonds is 6. The number of hydrogen-bond donors (Lipinski definition) is 2. The standard InChI is InChI=1S/C17H20FNO2/c1-12-6-15(18)9-16(7-12)19-17(10-20)14-5-3-4-13(8-14)11-21-2/h3-9,17,19-20H,10-11H2,1-2H3. The molecule has 21 heavy (non-hydrogen) atoms. The van der Waals surface area contributed by atoms with Crippen LogP contribution in [0.5, 0.6) is 0 Å². The molecule has 3 nitrogen and oxygen atoms in total. The molecule has 0 heterocycles. The lowest BCUT2D eigenvalue weighted by Gasteiger charge is -2.19. The number of nitrogens with one attached hydrogen (secondary N) is 1. The molecule has 0 saturated carbocycles. The molecule has 1 unspecified atom stereocenters. The van der Waals surface area contributed by atoms with Gasteiger partial charge in [-0.2, -0.15) is 0 Å². The van der Waals surface area contributed by atoms with Gasteiger partial charge in [-0.25, -0.2) is 4.39 Å². The molecule has 0 bridgehead atoms. The molecule has 2 N–H and O–H groups in total. The zero-order chi connectivity index (χ0) is 15.2. The van der Waals surface area contributed by atoms with E-state index in [4.69, 9.17) is 4.74 Å². The topological polar surface area (TPSA) is 41.5 Å². The Labute approximate surface area is 124 Å². The number of ether oxygens (including phenoxy) is 1. The molecule has 1 atom stereocenters. The first-order valence-corrected chi connectivity index (χ1v) is 6.84. The molecule has 2 aromatic carbocycles. The van der Waals surface area contributed by atoms with Crippen molar-refractivity contribution in [2.75, 3.05) is 19.0 Å². The molecule has 0 fully saturated rings. The molecule has 0 aliphatic rings. The van der Waals surface area contributed by atoms with Gasteiger partial charge in [0.25, 0.3) is 0 Å². The number of aliphatic hydroxyl groups excluding tert-OH is 1. The number of aliphatic hydroxyl groups is 1. The Hall–Kier alpha value is -1.91. The fraction of sp³-hybridized carbons (Fsp3) is 0.294. The maximum atomic E-state index is 13.4. The number of anilines is 1. The van der Waals surface area contributed by atoms with E-state index in [9.17, 15) is 9.50 Å². The lowest BCUT2D eigenvalue weighted by Crippen LogP contribution is -2.15. The van der Waals surface area contributed by atoms with Gasteiger partial charge in [-0.1, -0.05) is 24.3 Å². The lowest BCUT2D eigenvalue weighted by atomic mass is 10.0. The Morgan fingerprint density at radius 2 is 2.05 bits per heavy atom. The van der Waals surface area contributed by atoms with Crippen molar-refractivity contribution in [1.29, 1.82) is 0 Å². The van der Waals surface area contributed by atoms with Gasteiger partial charge in [-0.3, -0.25) is 0 Å². The van der Waals surface area contributed by atoms with E-state index in [0.717, 1.165) is 16.7 Å². The molecule has 112 valence electrons. The summed E-state index contributed by atoms with van der Waals surface area (Å²) in [7, 11) is 1.64. The lowest BCUT2D eigenvalue weighted by molar-refractivity contribution is 0.184. The average Bonchev–Trinajstić information content (AvgIpc) is 2.44. The number of halogens is 1. The molecule has 0 aliphatic carbocycles. The first-order chi connectivity index (χ1) is 10.1. The van der Waals surface area contributed by atoms with Crippen LogP contribution in [0.1, 0.15) is 22.7 Å². The predicted octanol–water partition coefficient (Wildman–Crippen LogP) is 3.43. The van der Waals surface area contributed by atoms with E-state index in [1.807, 2.05) is 37.3 Å². The highest BCUT2D eigenvalue weighted by Crippen LogP contribution is 2.22. The van der Waals surface area contributed by atoms with Crippen molar-refractivity contribution >= 4 is 5.69 Å². The minimum Gasteiger partial charge on any atom is -0.394 e. The van der Waals surface area contributed by atoms with Crippen molar-refractivity contribution in [3.63, 3.8) is 0 Å².